The molecule has 1 aliphatic rings. The van der Waals surface area contributed by atoms with Crippen LogP contribution in [0.1, 0.15) is 40.9 Å². The van der Waals surface area contributed by atoms with Gasteiger partial charge in [0, 0.05) is 25.9 Å². The minimum atomic E-state index is -0.0132. The van der Waals surface area contributed by atoms with Crippen LogP contribution in [0.3, 0.4) is 0 Å². The minimum Gasteiger partial charge on any atom is -0.425 e. The average molecular weight is 306 g/mol. The second-order valence-corrected chi connectivity index (χ2v) is 5.61. The fourth-order valence-electron chi connectivity index (χ4n) is 2.61. The third kappa shape index (κ3) is 2.93. The van der Waals surface area contributed by atoms with Crippen LogP contribution in [0.25, 0.3) is 0 Å². The lowest BCUT2D eigenvalue weighted by molar-refractivity contribution is 0.0706. The van der Waals surface area contributed by atoms with Crippen LogP contribution in [-0.4, -0.2) is 34.1 Å². The van der Waals surface area contributed by atoms with E-state index in [0.717, 1.165) is 12.8 Å². The van der Waals surface area contributed by atoms with E-state index in [1.165, 1.54) is 0 Å². The van der Waals surface area contributed by atoms with Crippen molar-refractivity contribution in [2.45, 2.75) is 25.7 Å². The van der Waals surface area contributed by atoms with Gasteiger partial charge in [-0.2, -0.15) is 0 Å². The molecule has 2 heterocycles. The molecule has 1 saturated heterocycles. The topological polar surface area (TPSA) is 59.2 Å². The summed E-state index contributed by atoms with van der Waals surface area (Å²) in [6, 6.07) is 7.15. The molecule has 1 aliphatic heterocycles. The maximum absolute atomic E-state index is 12.5. The summed E-state index contributed by atoms with van der Waals surface area (Å²) in [5.74, 6) is 1.49. The van der Waals surface area contributed by atoms with Gasteiger partial charge in [0.15, 0.2) is 0 Å². The van der Waals surface area contributed by atoms with Crippen molar-refractivity contribution in [3.05, 3.63) is 46.6 Å². The van der Waals surface area contributed by atoms with Crippen molar-refractivity contribution < 1.29 is 9.21 Å². The highest BCUT2D eigenvalue weighted by Crippen LogP contribution is 2.28. The van der Waals surface area contributed by atoms with E-state index < -0.39 is 0 Å². The van der Waals surface area contributed by atoms with E-state index in [2.05, 4.69) is 10.2 Å². The van der Waals surface area contributed by atoms with Gasteiger partial charge in [0.1, 0.15) is 0 Å². The monoisotopic (exact) mass is 305 g/mol. The van der Waals surface area contributed by atoms with Crippen molar-refractivity contribution >= 4 is 17.5 Å². The molecule has 0 N–H and O–H groups in total. The molecule has 0 saturated carbocycles. The highest BCUT2D eigenvalue weighted by Gasteiger charge is 2.28. The third-order valence-electron chi connectivity index (χ3n) is 3.78. The van der Waals surface area contributed by atoms with Crippen molar-refractivity contribution in [2.24, 2.45) is 0 Å². The van der Waals surface area contributed by atoms with Gasteiger partial charge in [-0.05, 0) is 25.0 Å². The van der Waals surface area contributed by atoms with Gasteiger partial charge in [0.2, 0.25) is 11.8 Å². The van der Waals surface area contributed by atoms with Crippen molar-refractivity contribution in [3.63, 3.8) is 0 Å². The van der Waals surface area contributed by atoms with E-state index in [0.29, 0.717) is 35.5 Å². The molecule has 21 heavy (non-hydrogen) atoms. The Morgan fingerprint density at radius 1 is 1.29 bits per heavy atom. The zero-order valence-electron chi connectivity index (χ0n) is 11.8. The minimum absolute atomic E-state index is 0.0132. The summed E-state index contributed by atoms with van der Waals surface area (Å²) in [6.07, 6.45) is 1.66. The van der Waals surface area contributed by atoms with Crippen molar-refractivity contribution in [1.29, 1.82) is 0 Å². The van der Waals surface area contributed by atoms with Crippen LogP contribution in [0.5, 0.6) is 0 Å². The molecule has 110 valence electrons. The first-order valence-electron chi connectivity index (χ1n) is 6.99. The van der Waals surface area contributed by atoms with Crippen LogP contribution in [0, 0.1) is 6.92 Å². The lowest BCUT2D eigenvalue weighted by Crippen LogP contribution is -2.38. The first kappa shape index (κ1) is 14.1. The molecule has 1 amide bonds. The molecule has 0 aliphatic carbocycles. The van der Waals surface area contributed by atoms with Crippen LogP contribution in [-0.2, 0) is 0 Å². The maximum atomic E-state index is 12.5. The van der Waals surface area contributed by atoms with E-state index in [1.807, 2.05) is 17.0 Å². The van der Waals surface area contributed by atoms with Crippen molar-refractivity contribution in [2.75, 3.05) is 13.1 Å². The van der Waals surface area contributed by atoms with Gasteiger partial charge in [0.25, 0.3) is 5.91 Å². The van der Waals surface area contributed by atoms with Gasteiger partial charge in [-0.15, -0.1) is 10.2 Å². The molecule has 0 radical (unpaired) electrons. The highest BCUT2D eigenvalue weighted by atomic mass is 35.5. The lowest BCUT2D eigenvalue weighted by atomic mass is 9.96. The van der Waals surface area contributed by atoms with Crippen LogP contribution in [0.15, 0.2) is 28.7 Å². The number of nitrogens with zero attached hydrogens (tertiary/aromatic N) is 3. The largest absolute Gasteiger partial charge is 0.425 e. The van der Waals surface area contributed by atoms with Gasteiger partial charge >= 0.3 is 0 Å². The zero-order valence-corrected chi connectivity index (χ0v) is 12.5. The van der Waals surface area contributed by atoms with E-state index in [1.54, 1.807) is 19.1 Å². The average Bonchev–Trinajstić information content (AvgIpc) is 2.94. The van der Waals surface area contributed by atoms with Gasteiger partial charge in [-0.1, -0.05) is 23.7 Å². The number of hydrogen-bond donors (Lipinski definition) is 0. The molecule has 6 heteroatoms. The Morgan fingerprint density at radius 3 is 2.62 bits per heavy atom. The number of halogens is 1. The number of likely N-dealkylation sites (tertiary alicyclic amines) is 1. The Morgan fingerprint density at radius 2 is 2.00 bits per heavy atom. The first-order valence-corrected chi connectivity index (χ1v) is 7.37. The second kappa shape index (κ2) is 5.85. The van der Waals surface area contributed by atoms with Crippen LogP contribution in [0.2, 0.25) is 5.02 Å². The Balaban J connectivity index is 1.66. The summed E-state index contributed by atoms with van der Waals surface area (Å²) >= 11 is 6.08. The maximum Gasteiger partial charge on any atom is 0.255 e. The Kier molecular flexibility index (Phi) is 3.92. The molecule has 0 unspecified atom stereocenters. The predicted molar refractivity (Wildman–Crippen MR) is 78.4 cm³/mol. The smallest absolute Gasteiger partial charge is 0.255 e. The van der Waals surface area contributed by atoms with Crippen LogP contribution in [0.4, 0.5) is 0 Å². The SMILES string of the molecule is Cc1nnc(C2CCN(C(=O)c3ccccc3Cl)CC2)o1. The zero-order chi connectivity index (χ0) is 14.8. The fraction of sp³-hybridized carbons (Fsp3) is 0.400. The highest BCUT2D eigenvalue weighted by molar-refractivity contribution is 6.33. The number of carbonyl (C=O) groups is 1. The molecule has 5 nitrogen and oxygen atoms in total. The molecule has 0 atom stereocenters. The number of piperidine rings is 1. The Bertz CT molecular complexity index is 648. The van der Waals surface area contributed by atoms with Crippen LogP contribution >= 0.6 is 11.6 Å². The molecular weight excluding hydrogens is 290 g/mol. The molecule has 3 rings (SSSR count). The quantitative estimate of drug-likeness (QED) is 0.855. The Labute approximate surface area is 127 Å². The fourth-order valence-corrected chi connectivity index (χ4v) is 2.83. The van der Waals surface area contributed by atoms with E-state index >= 15 is 0 Å². The van der Waals surface area contributed by atoms with E-state index in [9.17, 15) is 4.79 Å². The van der Waals surface area contributed by atoms with Gasteiger partial charge < -0.3 is 9.32 Å². The number of aromatic nitrogens is 2. The molecule has 2 aromatic rings. The van der Waals surface area contributed by atoms with E-state index in [4.69, 9.17) is 16.0 Å². The molecule has 1 aromatic carbocycles. The number of benzene rings is 1. The molecule has 0 bridgehead atoms. The van der Waals surface area contributed by atoms with E-state index in [-0.39, 0.29) is 11.8 Å². The summed E-state index contributed by atoms with van der Waals surface area (Å²) in [4.78, 5) is 14.3. The molecule has 1 fully saturated rings. The lowest BCUT2D eigenvalue weighted by Gasteiger charge is -2.30. The summed E-state index contributed by atoms with van der Waals surface area (Å²) < 4.78 is 5.48. The normalized spacial score (nSPS) is 16.2. The number of amides is 1. The molecule has 1 aromatic heterocycles. The molecular formula is C15H16ClN3O2. The number of carbonyl (C=O) groups excluding carboxylic acids is 1. The van der Waals surface area contributed by atoms with Gasteiger partial charge in [-0.25, -0.2) is 0 Å². The van der Waals surface area contributed by atoms with Gasteiger partial charge in [-0.3, -0.25) is 4.79 Å². The van der Waals surface area contributed by atoms with Crippen molar-refractivity contribution in [3.8, 4) is 0 Å². The number of hydrogen-bond acceptors (Lipinski definition) is 4. The Hall–Kier alpha value is -1.88. The van der Waals surface area contributed by atoms with Crippen molar-refractivity contribution in [1.82, 2.24) is 15.1 Å². The van der Waals surface area contributed by atoms with Crippen LogP contribution < -0.4 is 0 Å². The summed E-state index contributed by atoms with van der Waals surface area (Å²) in [7, 11) is 0. The second-order valence-electron chi connectivity index (χ2n) is 5.21. The molecule has 0 spiro atoms. The third-order valence-corrected chi connectivity index (χ3v) is 4.11. The number of aryl methyl sites for hydroxylation is 1. The standard InChI is InChI=1S/C15H16ClN3O2/c1-10-17-18-14(21-10)11-6-8-19(9-7-11)15(20)12-4-2-3-5-13(12)16/h2-5,11H,6-9H2,1H3. The summed E-state index contributed by atoms with van der Waals surface area (Å²) in [6.45, 7) is 3.14. The first-order chi connectivity index (χ1) is 10.1. The summed E-state index contributed by atoms with van der Waals surface area (Å²) in [5.41, 5.74) is 0.561. The summed E-state index contributed by atoms with van der Waals surface area (Å²) in [5, 5.41) is 8.43. The number of rotatable bonds is 2. The van der Waals surface area contributed by atoms with Gasteiger partial charge in [0.05, 0.1) is 10.6 Å². The predicted octanol–water partition coefficient (Wildman–Crippen LogP) is 3.05.